The van der Waals surface area contributed by atoms with Crippen molar-refractivity contribution < 1.29 is 38.1 Å². The molecule has 220 valence electrons. The molecular formula is C30H47NO8. The van der Waals surface area contributed by atoms with Gasteiger partial charge in [-0.05, 0) is 64.2 Å². The van der Waals surface area contributed by atoms with E-state index in [9.17, 15) is 19.2 Å². The van der Waals surface area contributed by atoms with Gasteiger partial charge in [0.1, 0.15) is 5.54 Å². The Hall–Kier alpha value is -2.94. The minimum absolute atomic E-state index is 0.00659. The molecular weight excluding hydrogens is 502 g/mol. The molecule has 9 heteroatoms. The van der Waals surface area contributed by atoms with Crippen molar-refractivity contribution in [2.75, 3.05) is 13.7 Å². The van der Waals surface area contributed by atoms with Crippen molar-refractivity contribution >= 4 is 23.9 Å². The van der Waals surface area contributed by atoms with Crippen LogP contribution in [0.15, 0.2) is 18.2 Å². The Bertz CT molecular complexity index is 1030. The Kier molecular flexibility index (Phi) is 12.2. The van der Waals surface area contributed by atoms with E-state index in [2.05, 4.69) is 0 Å². The average Bonchev–Trinajstić information content (AvgIpc) is 2.88. The van der Waals surface area contributed by atoms with Crippen LogP contribution in [-0.2, 0) is 35.1 Å². The fourth-order valence-electron chi connectivity index (χ4n) is 3.16. The molecule has 39 heavy (non-hydrogen) atoms. The highest BCUT2D eigenvalue weighted by molar-refractivity contribution is 5.82. The number of carbonyl (C=O) groups is 4. The molecule has 2 N–H and O–H groups in total. The minimum Gasteiger partial charge on any atom is -0.468 e. The molecule has 0 spiro atoms. The minimum atomic E-state index is -1.53. The summed E-state index contributed by atoms with van der Waals surface area (Å²) in [6.07, 6.45) is 1.09. The van der Waals surface area contributed by atoms with Crippen molar-refractivity contribution in [3.05, 3.63) is 23.8 Å². The molecule has 0 aliphatic heterocycles. The van der Waals surface area contributed by atoms with Gasteiger partial charge >= 0.3 is 23.9 Å². The number of hydrogen-bond donors (Lipinski definition) is 1. The van der Waals surface area contributed by atoms with Crippen LogP contribution in [0, 0.1) is 22.7 Å². The van der Waals surface area contributed by atoms with Gasteiger partial charge in [0.05, 0.1) is 30.5 Å². The van der Waals surface area contributed by atoms with Crippen LogP contribution < -0.4 is 15.2 Å². The third-order valence-corrected chi connectivity index (χ3v) is 7.56. The molecule has 1 aromatic carbocycles. The van der Waals surface area contributed by atoms with E-state index < -0.39 is 34.3 Å². The van der Waals surface area contributed by atoms with E-state index in [-0.39, 0.29) is 48.8 Å². The first-order valence-electron chi connectivity index (χ1n) is 13.6. The second-order valence-electron chi connectivity index (χ2n) is 11.8. The summed E-state index contributed by atoms with van der Waals surface area (Å²) >= 11 is 0. The van der Waals surface area contributed by atoms with Gasteiger partial charge in [-0.15, -0.1) is 0 Å². The molecule has 0 aromatic heterocycles. The van der Waals surface area contributed by atoms with Crippen LogP contribution in [0.5, 0.6) is 11.5 Å². The van der Waals surface area contributed by atoms with Gasteiger partial charge in [0, 0.05) is 12.8 Å². The standard InChI is InChI=1S/C30H47NO8/c1-11-28(6,7)25(33)38-22-14-13-21(17-23(22)39-26(34)29(8,9)12-2)18-30(31,27(35)36-10)15-16-37-24(32)20(5)19(3)4/h13-14,17,19-20H,11-12,15-16,18,31H2,1-10H3/t20-,30?/m0/s1. The average molecular weight is 550 g/mol. The number of ether oxygens (including phenoxy) is 4. The van der Waals surface area contributed by atoms with Crippen molar-refractivity contribution in [1.82, 2.24) is 0 Å². The number of benzene rings is 1. The van der Waals surface area contributed by atoms with Crippen LogP contribution in [0.3, 0.4) is 0 Å². The van der Waals surface area contributed by atoms with Crippen LogP contribution >= 0.6 is 0 Å². The van der Waals surface area contributed by atoms with Gasteiger partial charge in [-0.3, -0.25) is 19.2 Å². The Morgan fingerprint density at radius 2 is 1.36 bits per heavy atom. The number of rotatable bonds is 14. The second-order valence-corrected chi connectivity index (χ2v) is 11.8. The lowest BCUT2D eigenvalue weighted by molar-refractivity contribution is -0.153. The number of esters is 4. The Morgan fingerprint density at radius 1 is 0.846 bits per heavy atom. The molecule has 1 aromatic rings. The lowest BCUT2D eigenvalue weighted by Crippen LogP contribution is -2.51. The van der Waals surface area contributed by atoms with Gasteiger partial charge in [0.2, 0.25) is 0 Å². The van der Waals surface area contributed by atoms with Crippen molar-refractivity contribution in [2.24, 2.45) is 28.4 Å². The highest BCUT2D eigenvalue weighted by Gasteiger charge is 2.37. The highest BCUT2D eigenvalue weighted by Crippen LogP contribution is 2.35. The molecule has 1 rings (SSSR count). The maximum Gasteiger partial charge on any atom is 0.326 e. The largest absolute Gasteiger partial charge is 0.468 e. The van der Waals surface area contributed by atoms with Crippen LogP contribution in [0.1, 0.15) is 87.1 Å². The number of carbonyl (C=O) groups excluding carboxylic acids is 4. The number of hydrogen-bond acceptors (Lipinski definition) is 9. The lowest BCUT2D eigenvalue weighted by atomic mass is 9.88. The summed E-state index contributed by atoms with van der Waals surface area (Å²) in [5.74, 6) is -2.07. The van der Waals surface area contributed by atoms with Gasteiger partial charge in [-0.1, -0.05) is 40.7 Å². The molecule has 0 radical (unpaired) electrons. The summed E-state index contributed by atoms with van der Waals surface area (Å²) in [6, 6.07) is 4.69. The summed E-state index contributed by atoms with van der Waals surface area (Å²) in [5.41, 5.74) is 3.97. The van der Waals surface area contributed by atoms with Gasteiger partial charge in [-0.2, -0.15) is 0 Å². The molecule has 0 aliphatic carbocycles. The molecule has 0 bridgehead atoms. The zero-order chi connectivity index (χ0) is 30.2. The third-order valence-electron chi connectivity index (χ3n) is 7.56. The quantitative estimate of drug-likeness (QED) is 0.251. The van der Waals surface area contributed by atoms with E-state index in [1.54, 1.807) is 40.7 Å². The Labute approximate surface area is 233 Å². The number of nitrogens with two attached hydrogens (primary N) is 1. The smallest absolute Gasteiger partial charge is 0.326 e. The molecule has 0 amide bonds. The summed E-state index contributed by atoms with van der Waals surface area (Å²) < 4.78 is 21.7. The van der Waals surface area contributed by atoms with Gasteiger partial charge in [0.25, 0.3) is 0 Å². The summed E-state index contributed by atoms with van der Waals surface area (Å²) in [7, 11) is 1.23. The molecule has 9 nitrogen and oxygen atoms in total. The normalized spacial score (nSPS) is 14.3. The lowest BCUT2D eigenvalue weighted by Gasteiger charge is -2.27. The van der Waals surface area contributed by atoms with E-state index in [1.807, 2.05) is 27.7 Å². The fourth-order valence-corrected chi connectivity index (χ4v) is 3.16. The second kappa shape index (κ2) is 13.9. The van der Waals surface area contributed by atoms with Crippen molar-refractivity contribution in [3.63, 3.8) is 0 Å². The van der Waals surface area contributed by atoms with Crippen molar-refractivity contribution in [3.8, 4) is 11.5 Å². The summed E-state index contributed by atoms with van der Waals surface area (Å²) in [4.78, 5) is 50.7. The Morgan fingerprint density at radius 3 is 1.82 bits per heavy atom. The molecule has 0 heterocycles. The molecule has 0 saturated carbocycles. The van der Waals surface area contributed by atoms with Crippen LogP contribution in [-0.4, -0.2) is 43.1 Å². The van der Waals surface area contributed by atoms with Gasteiger partial charge in [0.15, 0.2) is 11.5 Å². The van der Waals surface area contributed by atoms with E-state index in [0.29, 0.717) is 18.4 Å². The van der Waals surface area contributed by atoms with Crippen molar-refractivity contribution in [2.45, 2.75) is 93.5 Å². The van der Waals surface area contributed by atoms with Crippen LogP contribution in [0.25, 0.3) is 0 Å². The fraction of sp³-hybridized carbons (Fsp3) is 0.667. The zero-order valence-corrected chi connectivity index (χ0v) is 25.3. The first kappa shape index (κ1) is 34.1. The third kappa shape index (κ3) is 9.34. The monoisotopic (exact) mass is 549 g/mol. The molecule has 0 saturated heterocycles. The molecule has 0 aliphatic rings. The summed E-state index contributed by atoms with van der Waals surface area (Å²) in [5, 5.41) is 0. The molecule has 1 unspecified atom stereocenters. The van der Waals surface area contributed by atoms with E-state index in [0.717, 1.165) is 0 Å². The predicted molar refractivity (Wildman–Crippen MR) is 148 cm³/mol. The molecule has 2 atom stereocenters. The first-order chi connectivity index (χ1) is 17.9. The maximum atomic E-state index is 12.9. The SMILES string of the molecule is CCC(C)(C)C(=O)Oc1ccc(CC(N)(CCOC(=O)[C@@H](C)C(C)C)C(=O)OC)cc1OC(=O)C(C)(C)CC. The van der Waals surface area contributed by atoms with Crippen molar-refractivity contribution in [1.29, 1.82) is 0 Å². The Balaban J connectivity index is 3.33. The summed E-state index contributed by atoms with van der Waals surface area (Å²) in [6.45, 7) is 16.3. The van der Waals surface area contributed by atoms with E-state index in [1.165, 1.54) is 19.2 Å². The van der Waals surface area contributed by atoms with Gasteiger partial charge < -0.3 is 24.7 Å². The van der Waals surface area contributed by atoms with Crippen LogP contribution in [0.2, 0.25) is 0 Å². The first-order valence-corrected chi connectivity index (χ1v) is 13.6. The van der Waals surface area contributed by atoms with E-state index in [4.69, 9.17) is 24.7 Å². The predicted octanol–water partition coefficient (Wildman–Crippen LogP) is 5.01. The highest BCUT2D eigenvalue weighted by atomic mass is 16.6. The zero-order valence-electron chi connectivity index (χ0n) is 25.3. The maximum absolute atomic E-state index is 12.9. The molecule has 0 fully saturated rings. The van der Waals surface area contributed by atoms with Crippen LogP contribution in [0.4, 0.5) is 0 Å². The topological polar surface area (TPSA) is 131 Å². The van der Waals surface area contributed by atoms with E-state index >= 15 is 0 Å². The number of methoxy groups -OCH3 is 1. The van der Waals surface area contributed by atoms with Gasteiger partial charge in [-0.25, -0.2) is 0 Å².